The van der Waals surface area contributed by atoms with Gasteiger partial charge in [0.1, 0.15) is 5.75 Å². The van der Waals surface area contributed by atoms with E-state index in [0.29, 0.717) is 28.3 Å². The average Bonchev–Trinajstić information content (AvgIpc) is 2.69. The van der Waals surface area contributed by atoms with E-state index in [1.807, 2.05) is 6.92 Å². The normalized spacial score (nSPS) is 12.9. The molecular weight excluding hydrogens is 361 g/mol. The van der Waals surface area contributed by atoms with Gasteiger partial charge in [-0.2, -0.15) is 0 Å². The number of benzene rings is 1. The van der Waals surface area contributed by atoms with Gasteiger partial charge in [0.2, 0.25) is 0 Å². The molecule has 0 spiro atoms. The number of hydrogen-bond donors (Lipinski definition) is 1. The van der Waals surface area contributed by atoms with Crippen molar-refractivity contribution in [1.29, 1.82) is 5.41 Å². The maximum atomic E-state index is 12.2. The summed E-state index contributed by atoms with van der Waals surface area (Å²) >= 11 is 1.06. The number of halogens is 4. The minimum absolute atomic E-state index is 0. The molecule has 1 atom stereocenters. The van der Waals surface area contributed by atoms with Crippen molar-refractivity contribution in [1.82, 2.24) is 4.57 Å². The van der Waals surface area contributed by atoms with E-state index < -0.39 is 17.2 Å². The Balaban J connectivity index is 0.00000242. The standard InChI is InChI=1S/C12H13F3N2O2S2.ClH/c1-2-21(18)6-5-17-9-4-3-8(19-12(13,14)15)7-10(9)20-11(17)16;/h3-4,7,16H,2,5-6H2,1H3;1H. The molecule has 0 radical (unpaired) electrons. The molecule has 22 heavy (non-hydrogen) atoms. The molecule has 0 saturated heterocycles. The van der Waals surface area contributed by atoms with E-state index >= 15 is 0 Å². The monoisotopic (exact) mass is 374 g/mol. The van der Waals surface area contributed by atoms with Crippen LogP contribution >= 0.6 is 23.7 Å². The number of ether oxygens (including phenoxy) is 1. The molecule has 1 unspecified atom stereocenters. The Bertz CT molecular complexity index is 727. The molecule has 124 valence electrons. The minimum atomic E-state index is -4.73. The average molecular weight is 375 g/mol. The molecule has 1 heterocycles. The Hall–Kier alpha value is -1.06. The highest BCUT2D eigenvalue weighted by Gasteiger charge is 2.31. The number of rotatable bonds is 5. The highest BCUT2D eigenvalue weighted by molar-refractivity contribution is 7.84. The van der Waals surface area contributed by atoms with Gasteiger partial charge in [-0.15, -0.1) is 25.6 Å². The van der Waals surface area contributed by atoms with Gasteiger partial charge in [0.15, 0.2) is 4.80 Å². The summed E-state index contributed by atoms with van der Waals surface area (Å²) < 4.78 is 54.0. The van der Waals surface area contributed by atoms with Crippen molar-refractivity contribution in [3.05, 3.63) is 23.0 Å². The summed E-state index contributed by atoms with van der Waals surface area (Å²) in [5.41, 5.74) is 0.646. The van der Waals surface area contributed by atoms with Crippen LogP contribution in [0.25, 0.3) is 10.2 Å². The fourth-order valence-electron chi connectivity index (χ4n) is 1.82. The quantitative estimate of drug-likeness (QED) is 0.873. The summed E-state index contributed by atoms with van der Waals surface area (Å²) in [5.74, 6) is 0.652. The molecule has 2 aromatic rings. The Labute approximate surface area is 137 Å². The molecule has 0 bridgehead atoms. The zero-order valence-electron chi connectivity index (χ0n) is 11.5. The van der Waals surface area contributed by atoms with Crippen molar-refractivity contribution in [3.8, 4) is 5.75 Å². The van der Waals surface area contributed by atoms with Crippen molar-refractivity contribution >= 4 is 44.8 Å². The van der Waals surface area contributed by atoms with E-state index in [9.17, 15) is 17.4 Å². The lowest BCUT2D eigenvalue weighted by atomic mass is 10.3. The van der Waals surface area contributed by atoms with Crippen LogP contribution < -0.4 is 9.54 Å². The van der Waals surface area contributed by atoms with E-state index in [2.05, 4.69) is 4.74 Å². The first kappa shape index (κ1) is 19.0. The number of alkyl halides is 3. The Morgan fingerprint density at radius 3 is 2.68 bits per heavy atom. The van der Waals surface area contributed by atoms with Gasteiger partial charge in [-0.25, -0.2) is 0 Å². The van der Waals surface area contributed by atoms with Crippen LogP contribution in [0.1, 0.15) is 6.92 Å². The third-order valence-corrected chi connectivity index (χ3v) is 5.01. The number of aromatic nitrogens is 1. The first-order valence-corrected chi connectivity index (χ1v) is 8.39. The fraction of sp³-hybridized carbons (Fsp3) is 0.417. The largest absolute Gasteiger partial charge is 0.573 e. The van der Waals surface area contributed by atoms with Crippen LogP contribution in [-0.2, 0) is 17.3 Å². The Kier molecular flexibility index (Phi) is 6.45. The molecule has 0 saturated carbocycles. The molecule has 0 aliphatic heterocycles. The third kappa shape index (κ3) is 4.72. The zero-order valence-corrected chi connectivity index (χ0v) is 13.9. The second kappa shape index (κ2) is 7.47. The predicted octanol–water partition coefficient (Wildman–Crippen LogP) is 3.27. The SMILES string of the molecule is CCS(=O)CCn1c(=N)sc2cc(OC(F)(F)F)ccc21.Cl. The number of thiazole rings is 1. The number of nitrogens with one attached hydrogen (secondary N) is 1. The lowest BCUT2D eigenvalue weighted by Crippen LogP contribution is -2.18. The summed E-state index contributed by atoms with van der Waals surface area (Å²) in [7, 11) is -0.954. The number of fused-ring (bicyclic) bond motifs is 1. The van der Waals surface area contributed by atoms with Crippen LogP contribution in [0.3, 0.4) is 0 Å². The molecular formula is C12H14ClF3N2O2S2. The van der Waals surface area contributed by atoms with Gasteiger partial charge in [-0.1, -0.05) is 18.3 Å². The topological polar surface area (TPSA) is 55.1 Å². The van der Waals surface area contributed by atoms with Gasteiger partial charge in [0, 0.05) is 28.9 Å². The summed E-state index contributed by atoms with van der Waals surface area (Å²) in [5, 5.41) is 7.87. The molecule has 0 aliphatic rings. The molecule has 10 heteroatoms. The first-order chi connectivity index (χ1) is 9.80. The molecule has 1 aromatic carbocycles. The molecule has 1 aromatic heterocycles. The highest BCUT2D eigenvalue weighted by Crippen LogP contribution is 2.27. The zero-order chi connectivity index (χ0) is 15.6. The van der Waals surface area contributed by atoms with Gasteiger partial charge < -0.3 is 9.30 Å². The fourth-order valence-corrected chi connectivity index (χ4v) is 3.47. The van der Waals surface area contributed by atoms with Gasteiger partial charge in [0.05, 0.1) is 10.2 Å². The lowest BCUT2D eigenvalue weighted by Gasteiger charge is -2.09. The summed E-state index contributed by atoms with van der Waals surface area (Å²) in [6, 6.07) is 3.97. The highest BCUT2D eigenvalue weighted by atomic mass is 35.5. The van der Waals surface area contributed by atoms with Crippen LogP contribution in [0.15, 0.2) is 18.2 Å². The van der Waals surface area contributed by atoms with Crippen molar-refractivity contribution in [2.24, 2.45) is 0 Å². The third-order valence-electron chi connectivity index (χ3n) is 2.77. The molecule has 2 rings (SSSR count). The van der Waals surface area contributed by atoms with E-state index in [0.717, 1.165) is 11.3 Å². The molecule has 4 nitrogen and oxygen atoms in total. The van der Waals surface area contributed by atoms with Crippen LogP contribution in [0, 0.1) is 5.41 Å². The first-order valence-electron chi connectivity index (χ1n) is 6.09. The van der Waals surface area contributed by atoms with Crippen molar-refractivity contribution < 1.29 is 22.1 Å². The molecule has 0 aliphatic carbocycles. The second-order valence-electron chi connectivity index (χ2n) is 4.17. The van der Waals surface area contributed by atoms with Gasteiger partial charge >= 0.3 is 6.36 Å². The smallest absolute Gasteiger partial charge is 0.406 e. The van der Waals surface area contributed by atoms with Crippen molar-refractivity contribution in [2.45, 2.75) is 19.8 Å². The van der Waals surface area contributed by atoms with E-state index in [-0.39, 0.29) is 23.0 Å². The molecule has 0 amide bonds. The number of hydrogen-bond acceptors (Lipinski definition) is 4. The van der Waals surface area contributed by atoms with E-state index in [1.165, 1.54) is 18.2 Å². The summed E-state index contributed by atoms with van der Waals surface area (Å²) in [4.78, 5) is 0.210. The Morgan fingerprint density at radius 1 is 1.41 bits per heavy atom. The van der Waals surface area contributed by atoms with E-state index in [4.69, 9.17) is 5.41 Å². The maximum Gasteiger partial charge on any atom is 0.573 e. The maximum absolute atomic E-state index is 12.2. The van der Waals surface area contributed by atoms with Gasteiger partial charge in [-0.05, 0) is 18.2 Å². The summed E-state index contributed by atoms with van der Waals surface area (Å²) in [6.45, 7) is 2.22. The predicted molar refractivity (Wildman–Crippen MR) is 83.2 cm³/mol. The van der Waals surface area contributed by atoms with Crippen LogP contribution in [0.5, 0.6) is 5.75 Å². The molecule has 0 fully saturated rings. The minimum Gasteiger partial charge on any atom is -0.406 e. The second-order valence-corrected chi connectivity index (χ2v) is 7.06. The molecule has 1 N–H and O–H groups in total. The van der Waals surface area contributed by atoms with Crippen LogP contribution in [0.4, 0.5) is 13.2 Å². The van der Waals surface area contributed by atoms with Crippen LogP contribution in [0.2, 0.25) is 0 Å². The van der Waals surface area contributed by atoms with E-state index in [1.54, 1.807) is 4.57 Å². The van der Waals surface area contributed by atoms with Crippen molar-refractivity contribution in [3.63, 3.8) is 0 Å². The Morgan fingerprint density at radius 2 is 2.09 bits per heavy atom. The summed E-state index contributed by atoms with van der Waals surface area (Å²) in [6.07, 6.45) is -4.73. The van der Waals surface area contributed by atoms with Crippen molar-refractivity contribution in [2.75, 3.05) is 11.5 Å². The number of aryl methyl sites for hydroxylation is 1. The number of nitrogens with zero attached hydrogens (tertiary/aromatic N) is 1. The lowest BCUT2D eigenvalue weighted by molar-refractivity contribution is -0.274. The van der Waals surface area contributed by atoms with Gasteiger partial charge in [-0.3, -0.25) is 9.62 Å². The van der Waals surface area contributed by atoms with Crippen LogP contribution in [-0.4, -0.2) is 26.6 Å². The van der Waals surface area contributed by atoms with Gasteiger partial charge in [0.25, 0.3) is 0 Å².